The van der Waals surface area contributed by atoms with Gasteiger partial charge in [0.1, 0.15) is 11.5 Å². The first-order chi connectivity index (χ1) is 14.2. The summed E-state index contributed by atoms with van der Waals surface area (Å²) in [6, 6.07) is 20.4. The fraction of sp³-hybridized carbons (Fsp3) is 0.217. The Hall–Kier alpha value is -3.38. The van der Waals surface area contributed by atoms with Crippen LogP contribution in [0.1, 0.15) is 10.5 Å². The number of aromatic nitrogens is 3. The van der Waals surface area contributed by atoms with Gasteiger partial charge in [-0.05, 0) is 42.4 Å². The van der Waals surface area contributed by atoms with Crippen LogP contribution in [0.25, 0.3) is 22.5 Å². The van der Waals surface area contributed by atoms with Gasteiger partial charge in [0.05, 0.1) is 6.20 Å². The summed E-state index contributed by atoms with van der Waals surface area (Å²) in [7, 11) is 2.09. The zero-order chi connectivity index (χ0) is 19.8. The first-order valence-electron chi connectivity index (χ1n) is 9.89. The Morgan fingerprint density at radius 3 is 2.41 bits per heavy atom. The topological polar surface area (TPSA) is 45.8 Å². The lowest BCUT2D eigenvalue weighted by Crippen LogP contribution is -2.47. The quantitative estimate of drug-likeness (QED) is 0.544. The third-order valence-electron chi connectivity index (χ3n) is 5.61. The van der Waals surface area contributed by atoms with Crippen molar-refractivity contribution in [3.63, 3.8) is 0 Å². The number of likely N-dealkylation sites (N-methyl/N-ethyl adjacent to an activating group) is 1. The number of fused-ring (bicyclic) bond motifs is 1. The largest absolute Gasteiger partial charge is 0.335 e. The van der Waals surface area contributed by atoms with E-state index >= 15 is 0 Å². The molecular formula is C23H23N5O. The maximum absolute atomic E-state index is 13.1. The van der Waals surface area contributed by atoms with E-state index in [2.05, 4.69) is 58.0 Å². The molecule has 0 aliphatic carbocycles. The summed E-state index contributed by atoms with van der Waals surface area (Å²) >= 11 is 0. The molecule has 0 atom stereocenters. The van der Waals surface area contributed by atoms with Crippen LogP contribution >= 0.6 is 0 Å². The molecule has 5 rings (SSSR count). The highest BCUT2D eigenvalue weighted by Crippen LogP contribution is 2.23. The highest BCUT2D eigenvalue weighted by molar-refractivity contribution is 5.93. The Bertz CT molecular complexity index is 1150. The van der Waals surface area contributed by atoms with E-state index in [-0.39, 0.29) is 5.91 Å². The van der Waals surface area contributed by atoms with Gasteiger partial charge in [-0.1, -0.05) is 36.4 Å². The van der Waals surface area contributed by atoms with Crippen molar-refractivity contribution in [3.8, 4) is 16.9 Å². The van der Waals surface area contributed by atoms with Gasteiger partial charge in [-0.25, -0.2) is 4.68 Å². The third kappa shape index (κ3) is 3.21. The molecule has 0 spiro atoms. The summed E-state index contributed by atoms with van der Waals surface area (Å²) < 4.78 is 3.85. The lowest BCUT2D eigenvalue weighted by molar-refractivity contribution is 0.0655. The number of rotatable bonds is 3. The van der Waals surface area contributed by atoms with Gasteiger partial charge in [-0.2, -0.15) is 5.10 Å². The number of pyridine rings is 1. The molecule has 1 aliphatic rings. The molecule has 6 heteroatoms. The molecule has 4 heterocycles. The van der Waals surface area contributed by atoms with Crippen molar-refractivity contribution in [2.24, 2.45) is 0 Å². The Balaban J connectivity index is 1.54. The predicted octanol–water partition coefficient (Wildman–Crippen LogP) is 3.18. The van der Waals surface area contributed by atoms with E-state index in [1.54, 1.807) is 16.9 Å². The van der Waals surface area contributed by atoms with Crippen LogP contribution < -0.4 is 0 Å². The average Bonchev–Trinajstić information content (AvgIpc) is 3.40. The monoisotopic (exact) mass is 385 g/mol. The molecule has 1 aliphatic heterocycles. The number of carbonyl (C=O) groups is 1. The molecular weight excluding hydrogens is 362 g/mol. The fourth-order valence-corrected chi connectivity index (χ4v) is 3.88. The van der Waals surface area contributed by atoms with Gasteiger partial charge in [-0.3, -0.25) is 4.79 Å². The first kappa shape index (κ1) is 17.7. The second-order valence-corrected chi connectivity index (χ2v) is 7.49. The fourth-order valence-electron chi connectivity index (χ4n) is 3.88. The van der Waals surface area contributed by atoms with Crippen molar-refractivity contribution in [3.05, 3.63) is 78.8 Å². The molecule has 29 heavy (non-hydrogen) atoms. The Labute approximate surface area is 169 Å². The molecule has 0 N–H and O–H groups in total. The van der Waals surface area contributed by atoms with E-state index in [1.807, 2.05) is 29.2 Å². The predicted molar refractivity (Wildman–Crippen MR) is 113 cm³/mol. The summed E-state index contributed by atoms with van der Waals surface area (Å²) in [5.41, 5.74) is 3.94. The van der Waals surface area contributed by atoms with Crippen molar-refractivity contribution in [1.82, 2.24) is 24.0 Å². The van der Waals surface area contributed by atoms with Crippen LogP contribution in [0.3, 0.4) is 0 Å². The van der Waals surface area contributed by atoms with Gasteiger partial charge in [0.2, 0.25) is 0 Å². The Kier molecular flexibility index (Phi) is 4.41. The number of amides is 1. The van der Waals surface area contributed by atoms with Crippen molar-refractivity contribution >= 4 is 11.4 Å². The van der Waals surface area contributed by atoms with Crippen LogP contribution in [0.2, 0.25) is 0 Å². The minimum atomic E-state index is 0.0322. The zero-order valence-corrected chi connectivity index (χ0v) is 16.4. The standard InChI is InChI=1S/C23H23N5O/c1-25-13-15-26(16-14-25)23(29)21-11-12-24-28(21)22-10-9-20-8-7-19(17-27(20)22)18-5-3-2-4-6-18/h2-12,17H,13-16H2,1H3. The zero-order valence-electron chi connectivity index (χ0n) is 16.4. The van der Waals surface area contributed by atoms with Crippen molar-refractivity contribution in [2.45, 2.75) is 0 Å². The minimum Gasteiger partial charge on any atom is -0.335 e. The summed E-state index contributed by atoms with van der Waals surface area (Å²) in [5, 5.41) is 4.48. The third-order valence-corrected chi connectivity index (χ3v) is 5.61. The van der Waals surface area contributed by atoms with E-state index < -0.39 is 0 Å². The number of hydrogen-bond donors (Lipinski definition) is 0. The highest BCUT2D eigenvalue weighted by atomic mass is 16.2. The van der Waals surface area contributed by atoms with E-state index in [9.17, 15) is 4.79 Å². The normalized spacial score (nSPS) is 15.1. The lowest BCUT2D eigenvalue weighted by atomic mass is 10.1. The second kappa shape index (κ2) is 7.22. The second-order valence-electron chi connectivity index (χ2n) is 7.49. The van der Waals surface area contributed by atoms with Crippen LogP contribution in [0.4, 0.5) is 0 Å². The SMILES string of the molecule is CN1CCN(C(=O)c2ccnn2-c2ccc3ccc(-c4ccccc4)cn23)CC1. The molecule has 0 bridgehead atoms. The van der Waals surface area contributed by atoms with Gasteiger partial charge in [0.15, 0.2) is 0 Å². The maximum atomic E-state index is 13.1. The van der Waals surface area contributed by atoms with E-state index in [0.717, 1.165) is 48.6 Å². The summed E-state index contributed by atoms with van der Waals surface area (Å²) in [6.07, 6.45) is 3.80. The minimum absolute atomic E-state index is 0.0322. The Morgan fingerprint density at radius 2 is 1.62 bits per heavy atom. The number of benzene rings is 1. The average molecular weight is 385 g/mol. The van der Waals surface area contributed by atoms with Crippen molar-refractivity contribution < 1.29 is 4.79 Å². The molecule has 0 radical (unpaired) electrons. The molecule has 1 saturated heterocycles. The molecule has 0 unspecified atom stereocenters. The highest BCUT2D eigenvalue weighted by Gasteiger charge is 2.24. The smallest absolute Gasteiger partial charge is 0.272 e. The molecule has 3 aromatic heterocycles. The molecule has 6 nitrogen and oxygen atoms in total. The van der Waals surface area contributed by atoms with Gasteiger partial charge in [0, 0.05) is 37.9 Å². The summed E-state index contributed by atoms with van der Waals surface area (Å²) in [4.78, 5) is 17.3. The van der Waals surface area contributed by atoms with Crippen LogP contribution in [0.5, 0.6) is 0 Å². The summed E-state index contributed by atoms with van der Waals surface area (Å²) in [5.74, 6) is 0.894. The van der Waals surface area contributed by atoms with Crippen LogP contribution in [0, 0.1) is 0 Å². The molecule has 1 aromatic carbocycles. The van der Waals surface area contributed by atoms with Crippen molar-refractivity contribution in [1.29, 1.82) is 0 Å². The van der Waals surface area contributed by atoms with E-state index in [1.165, 1.54) is 0 Å². The molecule has 1 fully saturated rings. The Morgan fingerprint density at radius 1 is 0.862 bits per heavy atom. The van der Waals surface area contributed by atoms with Gasteiger partial charge >= 0.3 is 0 Å². The van der Waals surface area contributed by atoms with Crippen molar-refractivity contribution in [2.75, 3.05) is 33.2 Å². The molecule has 4 aromatic rings. The van der Waals surface area contributed by atoms with E-state index in [4.69, 9.17) is 0 Å². The van der Waals surface area contributed by atoms with E-state index in [0.29, 0.717) is 5.69 Å². The lowest BCUT2D eigenvalue weighted by Gasteiger charge is -2.32. The maximum Gasteiger partial charge on any atom is 0.272 e. The van der Waals surface area contributed by atoms with Gasteiger partial charge < -0.3 is 14.2 Å². The summed E-state index contributed by atoms with van der Waals surface area (Å²) in [6.45, 7) is 3.28. The molecule has 146 valence electrons. The number of piperazine rings is 1. The first-order valence-corrected chi connectivity index (χ1v) is 9.89. The number of nitrogens with zero attached hydrogens (tertiary/aromatic N) is 5. The number of hydrogen-bond acceptors (Lipinski definition) is 3. The van der Waals surface area contributed by atoms with Gasteiger partial charge in [-0.15, -0.1) is 0 Å². The molecule has 0 saturated carbocycles. The van der Waals surface area contributed by atoms with Gasteiger partial charge in [0.25, 0.3) is 5.91 Å². The van der Waals surface area contributed by atoms with Crippen LogP contribution in [-0.2, 0) is 0 Å². The van der Waals surface area contributed by atoms with Crippen LogP contribution in [0.15, 0.2) is 73.1 Å². The number of carbonyl (C=O) groups excluding carboxylic acids is 1. The molecule has 1 amide bonds. The van der Waals surface area contributed by atoms with Crippen LogP contribution in [-0.4, -0.2) is 63.1 Å².